The number of rotatable bonds is 8. The Hall–Kier alpha value is -2.53. The number of benzene rings is 2. The number of nitrogens with one attached hydrogen (secondary N) is 3. The third kappa shape index (κ3) is 5.63. The summed E-state index contributed by atoms with van der Waals surface area (Å²) in [6.07, 6.45) is 2.06. The number of halogens is 1. The van der Waals surface area contributed by atoms with Crippen LogP contribution in [0.15, 0.2) is 57.8 Å². The average molecular weight is 496 g/mol. The number of amides is 2. The predicted molar refractivity (Wildman–Crippen MR) is 125 cm³/mol. The lowest BCUT2D eigenvalue weighted by Crippen LogP contribution is -2.52. The van der Waals surface area contributed by atoms with Crippen molar-refractivity contribution < 1.29 is 22.4 Å². The van der Waals surface area contributed by atoms with Crippen LogP contribution in [0.5, 0.6) is 0 Å². The van der Waals surface area contributed by atoms with Crippen LogP contribution in [0, 0.1) is 6.92 Å². The number of hydrogen-bond acceptors (Lipinski definition) is 6. The first kappa shape index (κ1) is 24.1. The number of aryl methyl sites for hydroxylation is 1. The molecule has 1 atom stereocenters. The van der Waals surface area contributed by atoms with Gasteiger partial charge in [0, 0.05) is 16.0 Å². The molecule has 0 bridgehead atoms. The molecule has 0 saturated heterocycles. The van der Waals surface area contributed by atoms with Gasteiger partial charge in [-0.1, -0.05) is 29.8 Å². The minimum absolute atomic E-state index is 0.0224. The van der Waals surface area contributed by atoms with E-state index in [4.69, 9.17) is 16.0 Å². The standard InChI is InChI=1S/C21H22ClN3O5S2/c1-13-16-5-3-4-6-18(16)30-19(13)21(27)24-23-20(26)17(11-12-31-2)25-32(28,29)15-9-7-14(22)8-10-15/h3-10,17,25H,11-12H2,1-2H3,(H,23,26)(H,24,27). The van der Waals surface area contributed by atoms with Crippen LogP contribution in [-0.4, -0.2) is 38.3 Å². The van der Waals surface area contributed by atoms with Crippen molar-refractivity contribution in [1.82, 2.24) is 15.6 Å². The minimum atomic E-state index is -3.98. The smallest absolute Gasteiger partial charge is 0.305 e. The first-order chi connectivity index (χ1) is 15.2. The highest BCUT2D eigenvalue weighted by Gasteiger charge is 2.26. The lowest BCUT2D eigenvalue weighted by molar-refractivity contribution is -0.123. The van der Waals surface area contributed by atoms with Crippen molar-refractivity contribution in [2.75, 3.05) is 12.0 Å². The van der Waals surface area contributed by atoms with Crippen LogP contribution in [0.1, 0.15) is 22.5 Å². The van der Waals surface area contributed by atoms with E-state index in [-0.39, 0.29) is 17.1 Å². The van der Waals surface area contributed by atoms with Crippen LogP contribution < -0.4 is 15.6 Å². The van der Waals surface area contributed by atoms with Crippen LogP contribution in [0.4, 0.5) is 0 Å². The molecule has 170 valence electrons. The van der Waals surface area contributed by atoms with E-state index in [0.29, 0.717) is 21.9 Å². The van der Waals surface area contributed by atoms with Gasteiger partial charge in [0.2, 0.25) is 10.0 Å². The molecule has 8 nitrogen and oxygen atoms in total. The van der Waals surface area contributed by atoms with Gasteiger partial charge in [-0.25, -0.2) is 8.42 Å². The molecule has 2 amide bonds. The number of fused-ring (bicyclic) bond motifs is 1. The number of para-hydroxylation sites is 1. The number of sulfonamides is 1. The van der Waals surface area contributed by atoms with E-state index >= 15 is 0 Å². The zero-order valence-electron chi connectivity index (χ0n) is 17.3. The summed E-state index contributed by atoms with van der Waals surface area (Å²) in [5.74, 6) is -0.749. The third-order valence-corrected chi connectivity index (χ3v) is 7.08. The molecule has 0 fully saturated rings. The van der Waals surface area contributed by atoms with Gasteiger partial charge in [-0.15, -0.1) is 0 Å². The fourth-order valence-corrected chi connectivity index (χ4v) is 4.83. The van der Waals surface area contributed by atoms with E-state index in [1.165, 1.54) is 36.0 Å². The SMILES string of the molecule is CSCCC(NS(=O)(=O)c1ccc(Cl)cc1)C(=O)NNC(=O)c1oc2ccccc2c1C. The number of carbonyl (C=O) groups is 2. The molecule has 0 aliphatic carbocycles. The maximum Gasteiger partial charge on any atom is 0.305 e. The maximum absolute atomic E-state index is 12.7. The Morgan fingerprint density at radius 3 is 2.44 bits per heavy atom. The molecule has 0 saturated carbocycles. The molecular weight excluding hydrogens is 474 g/mol. The fourth-order valence-electron chi connectivity index (χ4n) is 3.00. The Labute approximate surface area is 195 Å². The molecule has 2 aromatic carbocycles. The summed E-state index contributed by atoms with van der Waals surface area (Å²) in [5.41, 5.74) is 5.77. The predicted octanol–water partition coefficient (Wildman–Crippen LogP) is 3.26. The fraction of sp³-hybridized carbons (Fsp3) is 0.238. The van der Waals surface area contributed by atoms with Gasteiger partial charge in [0.25, 0.3) is 5.91 Å². The molecule has 1 aromatic heterocycles. The van der Waals surface area contributed by atoms with Gasteiger partial charge >= 0.3 is 5.91 Å². The number of thioether (sulfide) groups is 1. The maximum atomic E-state index is 12.7. The van der Waals surface area contributed by atoms with E-state index < -0.39 is 27.9 Å². The molecule has 3 rings (SSSR count). The van der Waals surface area contributed by atoms with Crippen molar-refractivity contribution in [3.8, 4) is 0 Å². The molecule has 3 aromatic rings. The summed E-state index contributed by atoms with van der Waals surface area (Å²) < 4.78 is 33.3. The van der Waals surface area contributed by atoms with Gasteiger partial charge in [0.05, 0.1) is 4.90 Å². The van der Waals surface area contributed by atoms with Crippen LogP contribution in [0.2, 0.25) is 5.02 Å². The summed E-state index contributed by atoms with van der Waals surface area (Å²) in [6, 6.07) is 11.7. The van der Waals surface area contributed by atoms with Gasteiger partial charge in [0.15, 0.2) is 5.76 Å². The Kier molecular flexibility index (Phi) is 7.83. The van der Waals surface area contributed by atoms with Gasteiger partial charge < -0.3 is 4.42 Å². The second-order valence-electron chi connectivity index (χ2n) is 6.90. The highest BCUT2D eigenvalue weighted by molar-refractivity contribution is 7.98. The summed E-state index contributed by atoms with van der Waals surface area (Å²) in [7, 11) is -3.98. The molecule has 0 spiro atoms. The highest BCUT2D eigenvalue weighted by Crippen LogP contribution is 2.24. The van der Waals surface area contributed by atoms with E-state index in [1.807, 2.05) is 18.4 Å². The second kappa shape index (κ2) is 10.4. The zero-order valence-corrected chi connectivity index (χ0v) is 19.7. The van der Waals surface area contributed by atoms with Crippen molar-refractivity contribution >= 4 is 56.2 Å². The van der Waals surface area contributed by atoms with Crippen LogP contribution >= 0.6 is 23.4 Å². The Bertz CT molecular complexity index is 1230. The molecule has 3 N–H and O–H groups in total. The van der Waals surface area contributed by atoms with E-state index in [1.54, 1.807) is 19.1 Å². The minimum Gasteiger partial charge on any atom is -0.451 e. The quantitative estimate of drug-likeness (QED) is 0.413. The average Bonchev–Trinajstić information content (AvgIpc) is 3.11. The second-order valence-corrected chi connectivity index (χ2v) is 10.0. The first-order valence-electron chi connectivity index (χ1n) is 9.58. The van der Waals surface area contributed by atoms with Crippen LogP contribution in [0.3, 0.4) is 0 Å². The molecule has 1 unspecified atom stereocenters. The van der Waals surface area contributed by atoms with Crippen LogP contribution in [-0.2, 0) is 14.8 Å². The number of hydrogen-bond donors (Lipinski definition) is 3. The molecule has 0 aliphatic heterocycles. The zero-order chi connectivity index (χ0) is 23.3. The van der Waals surface area contributed by atoms with Gasteiger partial charge in [-0.05, 0) is 55.7 Å². The molecular formula is C21H22ClN3O5S2. The third-order valence-electron chi connectivity index (χ3n) is 4.70. The molecule has 32 heavy (non-hydrogen) atoms. The lowest BCUT2D eigenvalue weighted by Gasteiger charge is -2.18. The Balaban J connectivity index is 1.70. The monoisotopic (exact) mass is 495 g/mol. The highest BCUT2D eigenvalue weighted by atomic mass is 35.5. The van der Waals surface area contributed by atoms with Crippen molar-refractivity contribution in [3.05, 3.63) is 64.9 Å². The van der Waals surface area contributed by atoms with Crippen molar-refractivity contribution in [2.24, 2.45) is 0 Å². The topological polar surface area (TPSA) is 118 Å². The van der Waals surface area contributed by atoms with Crippen molar-refractivity contribution in [1.29, 1.82) is 0 Å². The Morgan fingerprint density at radius 1 is 1.09 bits per heavy atom. The number of carbonyl (C=O) groups excluding carboxylic acids is 2. The van der Waals surface area contributed by atoms with E-state index in [2.05, 4.69) is 15.6 Å². The summed E-state index contributed by atoms with van der Waals surface area (Å²) in [5, 5.41) is 1.18. The Morgan fingerprint density at radius 2 is 1.78 bits per heavy atom. The van der Waals surface area contributed by atoms with Crippen LogP contribution in [0.25, 0.3) is 11.0 Å². The lowest BCUT2D eigenvalue weighted by atomic mass is 10.1. The van der Waals surface area contributed by atoms with Crippen molar-refractivity contribution in [3.63, 3.8) is 0 Å². The van der Waals surface area contributed by atoms with Gasteiger partial charge in [0.1, 0.15) is 11.6 Å². The van der Waals surface area contributed by atoms with Gasteiger partial charge in [-0.2, -0.15) is 16.5 Å². The normalized spacial score (nSPS) is 12.5. The summed E-state index contributed by atoms with van der Waals surface area (Å²) >= 11 is 7.28. The first-order valence-corrected chi connectivity index (χ1v) is 12.8. The largest absolute Gasteiger partial charge is 0.451 e. The van der Waals surface area contributed by atoms with E-state index in [0.717, 1.165) is 5.39 Å². The molecule has 11 heteroatoms. The number of furan rings is 1. The van der Waals surface area contributed by atoms with Crippen molar-refractivity contribution in [2.45, 2.75) is 24.3 Å². The molecule has 0 radical (unpaired) electrons. The molecule has 1 heterocycles. The van der Waals surface area contributed by atoms with Gasteiger partial charge in [-0.3, -0.25) is 20.4 Å². The number of hydrazine groups is 1. The molecule has 0 aliphatic rings. The summed E-state index contributed by atoms with van der Waals surface area (Å²) in [6.45, 7) is 1.74. The summed E-state index contributed by atoms with van der Waals surface area (Å²) in [4.78, 5) is 25.2. The van der Waals surface area contributed by atoms with E-state index in [9.17, 15) is 18.0 Å².